The number of primary amides is 1. The first-order valence-electron chi connectivity index (χ1n) is 8.16. The van der Waals surface area contributed by atoms with Crippen LogP contribution >= 0.6 is 22.7 Å². The smallest absolute Gasteiger partial charge is 0.230 e. The van der Waals surface area contributed by atoms with Crippen molar-refractivity contribution < 1.29 is 9.90 Å². The Kier molecular flexibility index (Phi) is 4.22. The van der Waals surface area contributed by atoms with Crippen molar-refractivity contribution in [3.63, 3.8) is 0 Å². The van der Waals surface area contributed by atoms with E-state index < -0.39 is 0 Å². The van der Waals surface area contributed by atoms with Crippen LogP contribution < -0.4 is 5.73 Å². The van der Waals surface area contributed by atoms with Crippen LogP contribution in [0.25, 0.3) is 4.96 Å². The maximum Gasteiger partial charge on any atom is 0.230 e. The van der Waals surface area contributed by atoms with Crippen molar-refractivity contribution in [3.05, 3.63) is 33.1 Å². The molecule has 4 rings (SSSR count). The van der Waals surface area contributed by atoms with E-state index in [-0.39, 0.29) is 23.7 Å². The first-order chi connectivity index (χ1) is 12.0. The highest BCUT2D eigenvalue weighted by molar-refractivity contribution is 7.17. The molecule has 25 heavy (non-hydrogen) atoms. The molecule has 0 saturated carbocycles. The van der Waals surface area contributed by atoms with Gasteiger partial charge in [-0.05, 0) is 44.3 Å². The van der Waals surface area contributed by atoms with Gasteiger partial charge >= 0.3 is 0 Å². The number of nitrogens with zero attached hydrogens (tertiary/aromatic N) is 4. The lowest BCUT2D eigenvalue weighted by Crippen LogP contribution is -2.40. The molecule has 3 N–H and O–H groups in total. The molecular formula is C16H19N5O2S2. The number of thiophene rings is 1. The quantitative estimate of drug-likeness (QED) is 0.726. The third kappa shape index (κ3) is 2.92. The molecule has 9 heteroatoms. The fraction of sp³-hybridized carbons (Fsp3) is 0.438. The molecule has 3 aromatic heterocycles. The number of nitrogens with two attached hydrogens (primary N) is 1. The van der Waals surface area contributed by atoms with Crippen LogP contribution in [0, 0.1) is 12.8 Å². The molecule has 1 aliphatic rings. The molecular weight excluding hydrogens is 358 g/mol. The lowest BCUT2D eigenvalue weighted by molar-refractivity contribution is -0.123. The molecule has 4 heterocycles. The molecule has 1 aliphatic heterocycles. The Hall–Kier alpha value is -1.97. The highest BCUT2D eigenvalue weighted by Crippen LogP contribution is 2.42. The Morgan fingerprint density at radius 2 is 2.20 bits per heavy atom. The lowest BCUT2D eigenvalue weighted by Gasteiger charge is -2.35. The van der Waals surface area contributed by atoms with Crippen molar-refractivity contribution in [2.45, 2.75) is 25.8 Å². The van der Waals surface area contributed by atoms with E-state index in [1.54, 1.807) is 11.3 Å². The average molecular weight is 377 g/mol. The number of aromatic nitrogens is 3. The van der Waals surface area contributed by atoms with E-state index in [1.807, 2.05) is 18.4 Å². The van der Waals surface area contributed by atoms with Gasteiger partial charge in [-0.2, -0.15) is 4.52 Å². The van der Waals surface area contributed by atoms with Gasteiger partial charge in [-0.15, -0.1) is 16.4 Å². The maximum atomic E-state index is 11.4. The molecule has 0 radical (unpaired) electrons. The van der Waals surface area contributed by atoms with E-state index in [9.17, 15) is 9.90 Å². The number of thiazole rings is 1. The molecule has 1 atom stereocenters. The second-order valence-electron chi connectivity index (χ2n) is 6.27. The lowest BCUT2D eigenvalue weighted by atomic mass is 9.94. The maximum absolute atomic E-state index is 11.4. The van der Waals surface area contributed by atoms with Gasteiger partial charge in [0.05, 0.1) is 10.9 Å². The molecule has 0 bridgehead atoms. The third-order valence-electron chi connectivity index (χ3n) is 4.66. The Labute approximate surface area is 152 Å². The summed E-state index contributed by atoms with van der Waals surface area (Å²) >= 11 is 3.13. The van der Waals surface area contributed by atoms with Crippen LogP contribution in [0.5, 0.6) is 5.88 Å². The highest BCUT2D eigenvalue weighted by atomic mass is 32.1. The monoisotopic (exact) mass is 377 g/mol. The van der Waals surface area contributed by atoms with Gasteiger partial charge in [-0.3, -0.25) is 9.69 Å². The summed E-state index contributed by atoms with van der Waals surface area (Å²) in [7, 11) is 0. The highest BCUT2D eigenvalue weighted by Gasteiger charge is 2.33. The van der Waals surface area contributed by atoms with Crippen molar-refractivity contribution in [2.24, 2.45) is 11.7 Å². The van der Waals surface area contributed by atoms with E-state index in [1.165, 1.54) is 15.9 Å². The summed E-state index contributed by atoms with van der Waals surface area (Å²) in [6, 6.07) is 4.04. The summed E-state index contributed by atoms with van der Waals surface area (Å²) in [6.45, 7) is 3.34. The van der Waals surface area contributed by atoms with E-state index in [4.69, 9.17) is 5.73 Å². The fourth-order valence-electron chi connectivity index (χ4n) is 3.39. The van der Waals surface area contributed by atoms with E-state index in [2.05, 4.69) is 21.0 Å². The number of rotatable bonds is 4. The van der Waals surface area contributed by atoms with Crippen LogP contribution in [0.3, 0.4) is 0 Å². The standard InChI is InChI=1S/C16H19N5O2S2/c1-9-18-16-21(19-9)15(23)13(25-16)12(11-3-2-8-24-11)20-6-4-10(5-7-20)14(17)22/h2-3,8,10,12,23H,4-7H2,1H3,(H2,17,22)/t12-/m1/s1. The number of hydrogen-bond acceptors (Lipinski definition) is 7. The van der Waals surface area contributed by atoms with Gasteiger partial charge in [-0.25, -0.2) is 4.98 Å². The SMILES string of the molecule is Cc1nc2sc([C@@H](c3cccs3)N3CCC(C(N)=O)CC3)c(O)n2n1. The normalized spacial score (nSPS) is 18.0. The number of amides is 1. The number of carbonyl (C=O) groups excluding carboxylic acids is 1. The fourth-order valence-corrected chi connectivity index (χ4v) is 5.49. The van der Waals surface area contributed by atoms with E-state index in [0.29, 0.717) is 10.8 Å². The summed E-state index contributed by atoms with van der Waals surface area (Å²) in [6.07, 6.45) is 1.50. The van der Waals surface area contributed by atoms with Gasteiger partial charge in [0.25, 0.3) is 0 Å². The minimum atomic E-state index is -0.218. The summed E-state index contributed by atoms with van der Waals surface area (Å²) in [5, 5.41) is 17.0. The number of hydrogen-bond donors (Lipinski definition) is 2. The van der Waals surface area contributed by atoms with E-state index in [0.717, 1.165) is 35.7 Å². The van der Waals surface area contributed by atoms with Crippen molar-refractivity contribution in [1.82, 2.24) is 19.5 Å². The van der Waals surface area contributed by atoms with Crippen LogP contribution in [0.1, 0.15) is 34.5 Å². The van der Waals surface area contributed by atoms with Gasteiger partial charge in [0.15, 0.2) is 0 Å². The number of aromatic hydroxyl groups is 1. The molecule has 0 unspecified atom stereocenters. The molecule has 1 saturated heterocycles. The largest absolute Gasteiger partial charge is 0.492 e. The van der Waals surface area contributed by atoms with Crippen molar-refractivity contribution in [2.75, 3.05) is 13.1 Å². The topological polar surface area (TPSA) is 96.8 Å². The van der Waals surface area contributed by atoms with Crippen LogP contribution in [-0.2, 0) is 4.79 Å². The second kappa shape index (κ2) is 6.40. The molecule has 0 spiro atoms. The number of carbonyl (C=O) groups is 1. The first kappa shape index (κ1) is 16.5. The predicted molar refractivity (Wildman–Crippen MR) is 96.9 cm³/mol. The van der Waals surface area contributed by atoms with E-state index >= 15 is 0 Å². The Balaban J connectivity index is 1.70. The van der Waals surface area contributed by atoms with Crippen molar-refractivity contribution >= 4 is 33.5 Å². The first-order valence-corrected chi connectivity index (χ1v) is 9.86. The number of fused-ring (bicyclic) bond motifs is 1. The van der Waals surface area contributed by atoms with Crippen LogP contribution in [0.2, 0.25) is 0 Å². The molecule has 1 amide bonds. The summed E-state index contributed by atoms with van der Waals surface area (Å²) in [5.41, 5.74) is 5.46. The summed E-state index contributed by atoms with van der Waals surface area (Å²) in [5.74, 6) is 0.516. The van der Waals surface area contributed by atoms with Gasteiger partial charge in [0.2, 0.25) is 16.7 Å². The number of likely N-dealkylation sites (tertiary alicyclic amines) is 1. The Bertz CT molecular complexity index is 893. The Morgan fingerprint density at radius 3 is 2.80 bits per heavy atom. The van der Waals surface area contributed by atoms with Crippen molar-refractivity contribution in [1.29, 1.82) is 0 Å². The zero-order valence-electron chi connectivity index (χ0n) is 13.8. The third-order valence-corrected chi connectivity index (χ3v) is 6.66. The molecule has 0 aliphatic carbocycles. The van der Waals surface area contributed by atoms with Gasteiger partial charge < -0.3 is 10.8 Å². The second-order valence-corrected chi connectivity index (χ2v) is 8.26. The van der Waals surface area contributed by atoms with Gasteiger partial charge in [0, 0.05) is 10.8 Å². The number of piperidine rings is 1. The Morgan fingerprint density at radius 1 is 1.44 bits per heavy atom. The minimum Gasteiger partial charge on any atom is -0.492 e. The average Bonchev–Trinajstić information content (AvgIpc) is 3.29. The molecule has 3 aromatic rings. The van der Waals surface area contributed by atoms with Crippen LogP contribution in [0.15, 0.2) is 17.5 Å². The zero-order chi connectivity index (χ0) is 17.6. The van der Waals surface area contributed by atoms with Crippen molar-refractivity contribution in [3.8, 4) is 5.88 Å². The molecule has 1 fully saturated rings. The minimum absolute atomic E-state index is 0.0531. The van der Waals surface area contributed by atoms with Crippen LogP contribution in [-0.4, -0.2) is 43.6 Å². The van der Waals surface area contributed by atoms with Gasteiger partial charge in [-0.1, -0.05) is 17.4 Å². The zero-order valence-corrected chi connectivity index (χ0v) is 15.4. The molecule has 0 aromatic carbocycles. The molecule has 132 valence electrons. The predicted octanol–water partition coefficient (Wildman–Crippen LogP) is 2.15. The molecule has 7 nitrogen and oxygen atoms in total. The summed E-state index contributed by atoms with van der Waals surface area (Å²) in [4.78, 5) is 20.8. The summed E-state index contributed by atoms with van der Waals surface area (Å²) < 4.78 is 1.51. The number of aryl methyl sites for hydroxylation is 1. The van der Waals surface area contributed by atoms with Gasteiger partial charge in [0.1, 0.15) is 5.82 Å². The van der Waals surface area contributed by atoms with Crippen LogP contribution in [0.4, 0.5) is 0 Å².